The molecule has 3 nitrogen and oxygen atoms in total. The molecule has 0 saturated carbocycles. The molecule has 0 saturated heterocycles. The zero-order valence-electron chi connectivity index (χ0n) is 8.61. The zero-order valence-corrected chi connectivity index (χ0v) is 8.61. The van der Waals surface area contributed by atoms with Crippen molar-refractivity contribution in [3.63, 3.8) is 0 Å². The van der Waals surface area contributed by atoms with E-state index in [1.165, 1.54) is 0 Å². The first kappa shape index (κ1) is 13.2. The number of carbonyl (C=O) groups is 1. The number of hydrogen-bond donors (Lipinski definition) is 2. The van der Waals surface area contributed by atoms with Gasteiger partial charge in [-0.05, 0) is 12.8 Å². The predicted octanol–water partition coefficient (Wildman–Crippen LogP) is 2.35. The van der Waals surface area contributed by atoms with E-state index in [1.54, 1.807) is 6.08 Å². The van der Waals surface area contributed by atoms with Gasteiger partial charge in [-0.15, -0.1) is 6.58 Å². The Morgan fingerprint density at radius 1 is 1.21 bits per heavy atom. The maximum Gasteiger partial charge on any atom is 0.303 e. The molecule has 82 valence electrons. The van der Waals surface area contributed by atoms with E-state index in [2.05, 4.69) is 6.58 Å². The van der Waals surface area contributed by atoms with Crippen molar-refractivity contribution < 1.29 is 15.0 Å². The molecule has 0 aliphatic rings. The Labute approximate surface area is 85.4 Å². The van der Waals surface area contributed by atoms with Gasteiger partial charge in [0, 0.05) is 6.42 Å². The Morgan fingerprint density at radius 2 is 1.79 bits per heavy atom. The van der Waals surface area contributed by atoms with E-state index in [0.29, 0.717) is 0 Å². The molecule has 0 amide bonds. The van der Waals surface area contributed by atoms with Gasteiger partial charge < -0.3 is 10.2 Å². The molecule has 14 heavy (non-hydrogen) atoms. The van der Waals surface area contributed by atoms with Crippen LogP contribution in [0.4, 0.5) is 0 Å². The molecule has 0 radical (unpaired) electrons. The molecule has 0 rings (SSSR count). The summed E-state index contributed by atoms with van der Waals surface area (Å²) in [6, 6.07) is 0. The van der Waals surface area contributed by atoms with Crippen LogP contribution in [0.1, 0.15) is 44.9 Å². The lowest BCUT2D eigenvalue weighted by molar-refractivity contribution is -0.137. The lowest BCUT2D eigenvalue weighted by Gasteiger charge is -2.03. The van der Waals surface area contributed by atoms with Crippen molar-refractivity contribution >= 4 is 5.97 Å². The highest BCUT2D eigenvalue weighted by molar-refractivity contribution is 5.66. The van der Waals surface area contributed by atoms with Crippen LogP contribution in [0.2, 0.25) is 0 Å². The van der Waals surface area contributed by atoms with Crippen LogP contribution in [0.3, 0.4) is 0 Å². The molecule has 0 aromatic heterocycles. The number of aliphatic hydroxyl groups is 1. The van der Waals surface area contributed by atoms with Crippen molar-refractivity contribution in [1.29, 1.82) is 0 Å². The Balaban J connectivity index is 3.06. The monoisotopic (exact) mass is 200 g/mol. The number of carboxylic acid groups (broad SMARTS) is 1. The summed E-state index contributed by atoms with van der Waals surface area (Å²) >= 11 is 0. The third-order valence-corrected chi connectivity index (χ3v) is 2.16. The van der Waals surface area contributed by atoms with Crippen LogP contribution in [0.25, 0.3) is 0 Å². The Morgan fingerprint density at radius 3 is 2.36 bits per heavy atom. The van der Waals surface area contributed by atoms with Crippen LogP contribution in [0.15, 0.2) is 12.7 Å². The Kier molecular flexibility index (Phi) is 8.24. The number of hydrogen-bond acceptors (Lipinski definition) is 2. The summed E-state index contributed by atoms with van der Waals surface area (Å²) in [7, 11) is 0. The fourth-order valence-corrected chi connectivity index (χ4v) is 1.28. The average molecular weight is 200 g/mol. The van der Waals surface area contributed by atoms with Crippen molar-refractivity contribution in [2.75, 3.05) is 0 Å². The first-order valence-corrected chi connectivity index (χ1v) is 5.19. The minimum Gasteiger partial charge on any atom is -0.481 e. The summed E-state index contributed by atoms with van der Waals surface area (Å²) in [4.78, 5) is 10.2. The standard InChI is InChI=1S/C11H20O3/c1-2-10(12)8-6-4-3-5-7-9-11(13)14/h2,10,12H,1,3-9H2,(H,13,14)/t10-/m1/s1. The first-order chi connectivity index (χ1) is 6.66. The number of unbranched alkanes of at least 4 members (excludes halogenated alkanes) is 4. The van der Waals surface area contributed by atoms with Crippen LogP contribution in [-0.4, -0.2) is 22.3 Å². The largest absolute Gasteiger partial charge is 0.481 e. The fourth-order valence-electron chi connectivity index (χ4n) is 1.28. The van der Waals surface area contributed by atoms with E-state index in [9.17, 15) is 4.79 Å². The van der Waals surface area contributed by atoms with Crippen LogP contribution in [-0.2, 0) is 4.79 Å². The van der Waals surface area contributed by atoms with Crippen molar-refractivity contribution in [3.05, 3.63) is 12.7 Å². The summed E-state index contributed by atoms with van der Waals surface area (Å²) in [6.45, 7) is 3.49. The molecule has 3 heteroatoms. The highest BCUT2D eigenvalue weighted by atomic mass is 16.4. The van der Waals surface area contributed by atoms with Gasteiger partial charge in [0.1, 0.15) is 0 Å². The minimum absolute atomic E-state index is 0.273. The lowest BCUT2D eigenvalue weighted by Crippen LogP contribution is -2.00. The maximum absolute atomic E-state index is 10.2. The summed E-state index contributed by atoms with van der Waals surface area (Å²) in [5, 5.41) is 17.5. The second-order valence-electron chi connectivity index (χ2n) is 3.50. The number of rotatable bonds is 9. The lowest BCUT2D eigenvalue weighted by atomic mass is 10.1. The summed E-state index contributed by atoms with van der Waals surface area (Å²) < 4.78 is 0. The normalized spacial score (nSPS) is 12.4. The summed E-state index contributed by atoms with van der Waals surface area (Å²) in [5.41, 5.74) is 0. The van der Waals surface area contributed by atoms with E-state index in [4.69, 9.17) is 10.2 Å². The predicted molar refractivity (Wildman–Crippen MR) is 56.2 cm³/mol. The van der Waals surface area contributed by atoms with Gasteiger partial charge in [-0.3, -0.25) is 4.79 Å². The third kappa shape index (κ3) is 9.26. The third-order valence-electron chi connectivity index (χ3n) is 2.16. The van der Waals surface area contributed by atoms with Gasteiger partial charge in [-0.25, -0.2) is 0 Å². The molecule has 0 bridgehead atoms. The molecule has 0 spiro atoms. The minimum atomic E-state index is -0.716. The summed E-state index contributed by atoms with van der Waals surface area (Å²) in [6.07, 6.45) is 7.04. The Hall–Kier alpha value is -0.830. The zero-order chi connectivity index (χ0) is 10.8. The quantitative estimate of drug-likeness (QED) is 0.443. The first-order valence-electron chi connectivity index (χ1n) is 5.19. The Bertz CT molecular complexity index is 166. The molecular weight excluding hydrogens is 180 g/mol. The molecule has 0 unspecified atom stereocenters. The van der Waals surface area contributed by atoms with Gasteiger partial charge in [0.15, 0.2) is 0 Å². The van der Waals surface area contributed by atoms with E-state index in [1.807, 2.05) is 0 Å². The second-order valence-corrected chi connectivity index (χ2v) is 3.50. The van der Waals surface area contributed by atoms with Crippen molar-refractivity contribution in [2.24, 2.45) is 0 Å². The van der Waals surface area contributed by atoms with E-state index in [0.717, 1.165) is 38.5 Å². The molecule has 0 aromatic carbocycles. The van der Waals surface area contributed by atoms with Gasteiger partial charge in [0.05, 0.1) is 6.10 Å². The fraction of sp³-hybridized carbons (Fsp3) is 0.727. The maximum atomic E-state index is 10.2. The second kappa shape index (κ2) is 8.75. The van der Waals surface area contributed by atoms with Crippen LogP contribution in [0.5, 0.6) is 0 Å². The van der Waals surface area contributed by atoms with Crippen molar-refractivity contribution in [1.82, 2.24) is 0 Å². The molecule has 0 aliphatic carbocycles. The van der Waals surface area contributed by atoms with Crippen molar-refractivity contribution in [2.45, 2.75) is 51.0 Å². The van der Waals surface area contributed by atoms with Gasteiger partial charge in [0.25, 0.3) is 0 Å². The van der Waals surface area contributed by atoms with Gasteiger partial charge in [-0.2, -0.15) is 0 Å². The van der Waals surface area contributed by atoms with E-state index < -0.39 is 5.97 Å². The molecule has 2 N–H and O–H groups in total. The van der Waals surface area contributed by atoms with Gasteiger partial charge in [-0.1, -0.05) is 31.8 Å². The smallest absolute Gasteiger partial charge is 0.303 e. The molecule has 0 heterocycles. The summed E-state index contributed by atoms with van der Waals surface area (Å²) in [5.74, 6) is -0.716. The van der Waals surface area contributed by atoms with Gasteiger partial charge in [0.2, 0.25) is 0 Å². The van der Waals surface area contributed by atoms with Gasteiger partial charge >= 0.3 is 5.97 Å². The van der Waals surface area contributed by atoms with E-state index in [-0.39, 0.29) is 12.5 Å². The number of aliphatic carboxylic acids is 1. The number of aliphatic hydroxyl groups excluding tert-OH is 1. The van der Waals surface area contributed by atoms with E-state index >= 15 is 0 Å². The molecular formula is C11H20O3. The number of carboxylic acids is 1. The topological polar surface area (TPSA) is 57.5 Å². The highest BCUT2D eigenvalue weighted by Crippen LogP contribution is 2.08. The SMILES string of the molecule is C=C[C@@H](O)CCCCCCCC(=O)O. The molecule has 0 aromatic rings. The average Bonchev–Trinajstić information content (AvgIpc) is 2.15. The molecule has 0 fully saturated rings. The van der Waals surface area contributed by atoms with Crippen LogP contribution >= 0.6 is 0 Å². The van der Waals surface area contributed by atoms with Crippen molar-refractivity contribution in [3.8, 4) is 0 Å². The van der Waals surface area contributed by atoms with Crippen LogP contribution in [0, 0.1) is 0 Å². The molecule has 0 aliphatic heterocycles. The van der Waals surface area contributed by atoms with Crippen LogP contribution < -0.4 is 0 Å². The molecule has 1 atom stereocenters. The highest BCUT2D eigenvalue weighted by Gasteiger charge is 1.98.